The molecule has 0 aliphatic rings. The van der Waals surface area contributed by atoms with E-state index < -0.39 is 0 Å². The van der Waals surface area contributed by atoms with Crippen LogP contribution in [0.2, 0.25) is 0 Å². The zero-order valence-electron chi connectivity index (χ0n) is 11.7. The van der Waals surface area contributed by atoms with E-state index in [0.29, 0.717) is 5.70 Å². The topological polar surface area (TPSA) is 87.9 Å². The van der Waals surface area contributed by atoms with Crippen molar-refractivity contribution < 1.29 is 0 Å². The lowest BCUT2D eigenvalue weighted by Gasteiger charge is -2.08. The summed E-state index contributed by atoms with van der Waals surface area (Å²) in [5.74, 6) is 5.31. The van der Waals surface area contributed by atoms with Crippen LogP contribution in [-0.4, -0.2) is 0 Å². The summed E-state index contributed by atoms with van der Waals surface area (Å²) in [5.41, 5.74) is 11.7. The van der Waals surface area contributed by atoms with Gasteiger partial charge in [-0.05, 0) is 46.2 Å². The summed E-state index contributed by atoms with van der Waals surface area (Å²) in [5, 5.41) is 12.3. The average molecular weight is 306 g/mol. The Morgan fingerprint density at radius 3 is 2.68 bits per heavy atom. The molecule has 5 N–H and O–H groups in total. The van der Waals surface area contributed by atoms with E-state index in [1.54, 1.807) is 11.3 Å². The van der Waals surface area contributed by atoms with Crippen molar-refractivity contribution in [1.29, 1.82) is 5.26 Å². The Morgan fingerprint density at radius 1 is 1.09 bits per heavy atom. The Kier molecular flexibility index (Phi) is 3.79. The van der Waals surface area contributed by atoms with Crippen molar-refractivity contribution in [3.05, 3.63) is 65.2 Å². The molecule has 0 saturated heterocycles. The lowest BCUT2D eigenvalue weighted by atomic mass is 10.0. The van der Waals surface area contributed by atoms with E-state index in [0.717, 1.165) is 16.7 Å². The van der Waals surface area contributed by atoms with Crippen LogP contribution in [0.15, 0.2) is 59.6 Å². The van der Waals surface area contributed by atoms with E-state index in [9.17, 15) is 0 Å². The Bertz CT molecular complexity index is 902. The van der Waals surface area contributed by atoms with Crippen molar-refractivity contribution in [2.24, 2.45) is 11.6 Å². The number of thiophene rings is 1. The molecule has 1 aromatic heterocycles. The van der Waals surface area contributed by atoms with Crippen molar-refractivity contribution >= 4 is 27.1 Å². The lowest BCUT2D eigenvalue weighted by Crippen LogP contribution is -2.23. The zero-order valence-corrected chi connectivity index (χ0v) is 12.5. The molecule has 0 atom stereocenters. The number of nitrogens with one attached hydrogen (secondary N) is 1. The molecule has 3 rings (SSSR count). The first-order chi connectivity index (χ1) is 10.7. The quantitative estimate of drug-likeness (QED) is 0.394. The van der Waals surface area contributed by atoms with Crippen LogP contribution < -0.4 is 17.0 Å². The van der Waals surface area contributed by atoms with Crippen LogP contribution in [0.5, 0.6) is 0 Å². The highest BCUT2D eigenvalue weighted by molar-refractivity contribution is 7.17. The van der Waals surface area contributed by atoms with Gasteiger partial charge in [0.1, 0.15) is 6.07 Å². The van der Waals surface area contributed by atoms with Crippen molar-refractivity contribution in [1.82, 2.24) is 5.43 Å². The van der Waals surface area contributed by atoms with E-state index >= 15 is 0 Å². The van der Waals surface area contributed by atoms with Gasteiger partial charge in [-0.2, -0.15) is 5.26 Å². The molecule has 0 radical (unpaired) electrons. The predicted octanol–water partition coefficient (Wildman–Crippen LogP) is 3.18. The third kappa shape index (κ3) is 2.53. The molecule has 3 aromatic rings. The molecule has 1 heterocycles. The summed E-state index contributed by atoms with van der Waals surface area (Å²) in [4.78, 5) is 0. The third-order valence-corrected chi connectivity index (χ3v) is 4.38. The van der Waals surface area contributed by atoms with Gasteiger partial charge in [0.15, 0.2) is 5.70 Å². The Balaban J connectivity index is 2.08. The number of hydrogen-bond donors (Lipinski definition) is 3. The van der Waals surface area contributed by atoms with Crippen molar-refractivity contribution in [3.8, 4) is 17.2 Å². The molecular formula is C17H14N4S. The minimum absolute atomic E-state index is 0.158. The fraction of sp³-hybridized carbons (Fsp3) is 0. The molecule has 0 unspecified atom stereocenters. The van der Waals surface area contributed by atoms with Crippen LogP contribution in [0.3, 0.4) is 0 Å². The van der Waals surface area contributed by atoms with Gasteiger partial charge in [-0.25, -0.2) is 5.84 Å². The van der Waals surface area contributed by atoms with Crippen molar-refractivity contribution in [2.45, 2.75) is 0 Å². The second-order valence-electron chi connectivity index (χ2n) is 4.80. The summed E-state index contributed by atoms with van der Waals surface area (Å²) in [6.45, 7) is 0. The molecule has 4 nitrogen and oxygen atoms in total. The smallest absolute Gasteiger partial charge is 0.151 e. The maximum Gasteiger partial charge on any atom is 0.151 e. The second-order valence-corrected chi connectivity index (χ2v) is 5.75. The van der Waals surface area contributed by atoms with E-state index in [4.69, 9.17) is 16.8 Å². The molecule has 0 spiro atoms. The van der Waals surface area contributed by atoms with Gasteiger partial charge in [0.05, 0.1) is 5.70 Å². The van der Waals surface area contributed by atoms with Crippen LogP contribution in [0.1, 0.15) is 5.56 Å². The first-order valence-electron chi connectivity index (χ1n) is 6.67. The molecule has 5 heteroatoms. The van der Waals surface area contributed by atoms with Gasteiger partial charge in [0, 0.05) is 10.3 Å². The highest BCUT2D eigenvalue weighted by atomic mass is 32.1. The van der Waals surface area contributed by atoms with Gasteiger partial charge >= 0.3 is 0 Å². The maximum absolute atomic E-state index is 9.01. The van der Waals surface area contributed by atoms with Gasteiger partial charge in [0.25, 0.3) is 0 Å². The second kappa shape index (κ2) is 5.90. The highest BCUT2D eigenvalue weighted by Crippen LogP contribution is 2.28. The van der Waals surface area contributed by atoms with Gasteiger partial charge < -0.3 is 11.2 Å². The van der Waals surface area contributed by atoms with Gasteiger partial charge in [-0.15, -0.1) is 11.3 Å². The summed E-state index contributed by atoms with van der Waals surface area (Å²) >= 11 is 1.72. The van der Waals surface area contributed by atoms with E-state index in [1.807, 2.05) is 30.3 Å². The molecular weight excluding hydrogens is 292 g/mol. The number of nitriles is 1. The molecule has 108 valence electrons. The Hall–Kier alpha value is -2.81. The number of nitrogens with zero attached hydrogens (tertiary/aromatic N) is 1. The molecule has 2 aromatic carbocycles. The molecule has 0 amide bonds. The number of hydrogen-bond acceptors (Lipinski definition) is 5. The number of fused-ring (bicyclic) bond motifs is 1. The minimum atomic E-state index is 0.158. The zero-order chi connectivity index (χ0) is 15.5. The first-order valence-corrected chi connectivity index (χ1v) is 7.55. The summed E-state index contributed by atoms with van der Waals surface area (Å²) in [6, 6.07) is 18.2. The number of hydrazine groups is 1. The Morgan fingerprint density at radius 2 is 1.91 bits per heavy atom. The van der Waals surface area contributed by atoms with Crippen LogP contribution in [0.25, 0.3) is 26.9 Å². The number of nitrogens with two attached hydrogens (primary N) is 2. The first kappa shape index (κ1) is 14.1. The predicted molar refractivity (Wildman–Crippen MR) is 91.3 cm³/mol. The lowest BCUT2D eigenvalue weighted by molar-refractivity contribution is 0.920. The van der Waals surface area contributed by atoms with Crippen molar-refractivity contribution in [2.75, 3.05) is 0 Å². The summed E-state index contributed by atoms with van der Waals surface area (Å²) < 4.78 is 1.26. The third-order valence-electron chi connectivity index (χ3n) is 3.48. The average Bonchev–Trinajstić information content (AvgIpc) is 3.03. The SMILES string of the molecule is N#C/C(NN)=C(/N)c1cccc(-c2ccc3sccc3c2)c1. The highest BCUT2D eigenvalue weighted by Gasteiger charge is 2.07. The number of rotatable bonds is 3. The van der Waals surface area contributed by atoms with E-state index in [-0.39, 0.29) is 5.70 Å². The van der Waals surface area contributed by atoms with Crippen molar-refractivity contribution in [3.63, 3.8) is 0 Å². The molecule has 0 bridgehead atoms. The standard InChI is InChI=1S/C17H14N4S/c18-10-15(21-20)17(19)14-3-1-2-11(9-14)12-4-5-16-13(8-12)6-7-22-16/h1-9,21H,19-20H2/b17-15-. The number of benzene rings is 2. The summed E-state index contributed by atoms with van der Waals surface area (Å²) in [7, 11) is 0. The van der Waals surface area contributed by atoms with Crippen LogP contribution in [-0.2, 0) is 0 Å². The van der Waals surface area contributed by atoms with E-state index in [2.05, 4.69) is 35.1 Å². The summed E-state index contributed by atoms with van der Waals surface area (Å²) in [6.07, 6.45) is 0. The molecule has 0 aliphatic carbocycles. The largest absolute Gasteiger partial charge is 0.396 e. The number of allylic oxidation sites excluding steroid dienone is 1. The monoisotopic (exact) mass is 306 g/mol. The van der Waals surface area contributed by atoms with Crippen LogP contribution in [0, 0.1) is 11.3 Å². The van der Waals surface area contributed by atoms with Crippen LogP contribution in [0.4, 0.5) is 0 Å². The van der Waals surface area contributed by atoms with Gasteiger partial charge in [0.2, 0.25) is 0 Å². The van der Waals surface area contributed by atoms with Gasteiger partial charge in [-0.1, -0.05) is 24.3 Å². The normalized spacial score (nSPS) is 11.8. The molecule has 0 saturated carbocycles. The fourth-order valence-corrected chi connectivity index (χ4v) is 3.10. The fourth-order valence-electron chi connectivity index (χ4n) is 2.33. The Labute approximate surface area is 132 Å². The molecule has 0 aliphatic heterocycles. The minimum Gasteiger partial charge on any atom is -0.396 e. The van der Waals surface area contributed by atoms with Gasteiger partial charge in [-0.3, -0.25) is 0 Å². The maximum atomic E-state index is 9.01. The van der Waals surface area contributed by atoms with Crippen LogP contribution >= 0.6 is 11.3 Å². The molecule has 0 fully saturated rings. The van der Waals surface area contributed by atoms with E-state index in [1.165, 1.54) is 10.1 Å². The molecule has 22 heavy (non-hydrogen) atoms.